The molecule has 0 aliphatic heterocycles. The molecule has 0 radical (unpaired) electrons. The number of para-hydroxylation sites is 2. The predicted octanol–water partition coefficient (Wildman–Crippen LogP) is 14.7. The van der Waals surface area contributed by atoms with Gasteiger partial charge < -0.3 is 35.4 Å². The summed E-state index contributed by atoms with van der Waals surface area (Å²) in [4.78, 5) is 24.8. The average Bonchev–Trinajstić information content (AvgIpc) is 3.63. The zero-order valence-corrected chi connectivity index (χ0v) is 45.1. The van der Waals surface area contributed by atoms with Crippen molar-refractivity contribution in [3.8, 4) is 11.5 Å². The zero-order valence-electron chi connectivity index (χ0n) is 44.3. The van der Waals surface area contributed by atoms with Crippen LogP contribution in [-0.4, -0.2) is 52.9 Å². The molecule has 0 amide bonds. The van der Waals surface area contributed by atoms with Crippen molar-refractivity contribution in [1.29, 1.82) is 0 Å². The molecular weight excluding hydrogens is 985 g/mol. The van der Waals surface area contributed by atoms with Crippen molar-refractivity contribution < 1.29 is 14.6 Å². The van der Waals surface area contributed by atoms with Crippen LogP contribution >= 0.6 is 11.8 Å². The molecule has 4 N–H and O–H groups in total. The second-order valence-electron chi connectivity index (χ2n) is 19.6. The molecule has 2 aromatic heterocycles. The molecule has 0 bridgehead atoms. The van der Waals surface area contributed by atoms with Crippen molar-refractivity contribution in [2.45, 2.75) is 61.5 Å². The Morgan fingerprint density at radius 2 is 1.28 bits per heavy atom. The van der Waals surface area contributed by atoms with Crippen LogP contribution in [0.5, 0.6) is 11.5 Å². The molecule has 1 atom stereocenters. The number of aromatic nitrogens is 4. The summed E-state index contributed by atoms with van der Waals surface area (Å²) in [5.74, 6) is 3.96. The highest BCUT2D eigenvalue weighted by molar-refractivity contribution is 7.99. The summed E-state index contributed by atoms with van der Waals surface area (Å²) < 4.78 is 11.2. The van der Waals surface area contributed by atoms with E-state index in [1.165, 1.54) is 27.8 Å². The Balaban J connectivity index is 0.861. The largest absolute Gasteiger partial charge is 0.493 e. The molecule has 0 spiro atoms. The summed E-state index contributed by atoms with van der Waals surface area (Å²) in [6, 6.07) is 62.8. The number of anilines is 6. The van der Waals surface area contributed by atoms with E-state index in [9.17, 15) is 5.11 Å². The molecular formula is C66H62N8O3S. The Labute approximate surface area is 460 Å². The number of ether oxygens (including phenoxy) is 2. The molecule has 2 heterocycles. The molecule has 0 saturated heterocycles. The number of benzene rings is 8. The Kier molecular flexibility index (Phi) is 15.6. The fourth-order valence-corrected chi connectivity index (χ4v) is 11.5. The van der Waals surface area contributed by atoms with E-state index >= 15 is 0 Å². The average molecular weight is 1050 g/mol. The first-order valence-corrected chi connectivity index (χ1v) is 27.3. The highest BCUT2D eigenvalue weighted by Crippen LogP contribution is 2.38. The number of methoxy groups -OCH3 is 2. The third-order valence-corrected chi connectivity index (χ3v) is 15.7. The van der Waals surface area contributed by atoms with E-state index in [2.05, 4.69) is 150 Å². The Morgan fingerprint density at radius 1 is 0.628 bits per heavy atom. The van der Waals surface area contributed by atoms with Crippen LogP contribution in [0.4, 0.5) is 34.9 Å². The van der Waals surface area contributed by atoms with Crippen LogP contribution in [0.15, 0.2) is 198 Å². The molecule has 0 fully saturated rings. The standard InChI is InChI=1S/C66H62N8O3S/c1-43(50-22-11-13-27-56(50)69-64-54-25-12-14-28-57(54)70-65(72-64)67-41-47-20-7-15-29-61(47)78-62-30-16-8-21-48(62)42-75)38-44-31-35-55-58(39-44)71-66(73-63(55)68-49-34-36-59(76-3)60(40-49)77-4)74(2)37-17-26-53-51-23-9-5-18-45(51)32-33-46-19-6-10-24-52(46)53/h5-16,18-31,34-36,39-40,43,75H,17,32-33,37-38,41-42H2,1-4H3,(H,68,71,73)(H2,67,69,70,72). The Hall–Kier alpha value is -8.71. The minimum Gasteiger partial charge on any atom is -0.493 e. The Bertz CT molecular complexity index is 3760. The van der Waals surface area contributed by atoms with E-state index in [1.807, 2.05) is 72.8 Å². The van der Waals surface area contributed by atoms with Gasteiger partial charge in [-0.05, 0) is 136 Å². The number of fused-ring (bicyclic) bond motifs is 4. The lowest BCUT2D eigenvalue weighted by Gasteiger charge is -2.21. The van der Waals surface area contributed by atoms with Gasteiger partial charge in [-0.25, -0.2) is 9.97 Å². The van der Waals surface area contributed by atoms with E-state index in [0.29, 0.717) is 42.3 Å². The SMILES string of the molecule is COc1ccc(Nc2nc(N(C)CCC=C3c4ccccc4CCc4ccccc43)nc3cc(CC(C)c4ccccc4Nc4nc(NCc5ccccc5Sc5ccccc5CO)nc5ccccc45)ccc23)cc1OC. The van der Waals surface area contributed by atoms with Gasteiger partial charge in [-0.1, -0.05) is 146 Å². The monoisotopic (exact) mass is 1050 g/mol. The summed E-state index contributed by atoms with van der Waals surface area (Å²) in [6.07, 6.45) is 6.00. The van der Waals surface area contributed by atoms with Crippen LogP contribution in [-0.2, 0) is 32.4 Å². The molecule has 8 aromatic carbocycles. The molecule has 11 rings (SSSR count). The van der Waals surface area contributed by atoms with E-state index in [4.69, 9.17) is 29.4 Å². The number of rotatable bonds is 19. The second kappa shape index (κ2) is 23.7. The van der Waals surface area contributed by atoms with Crippen LogP contribution in [0.1, 0.15) is 63.8 Å². The number of aliphatic hydroxyl groups is 1. The van der Waals surface area contributed by atoms with Gasteiger partial charge in [-0.3, -0.25) is 0 Å². The van der Waals surface area contributed by atoms with Crippen LogP contribution in [0.3, 0.4) is 0 Å². The minimum atomic E-state index is -0.0146. The normalized spacial score (nSPS) is 12.3. The lowest BCUT2D eigenvalue weighted by Crippen LogP contribution is -2.21. The maximum Gasteiger partial charge on any atom is 0.227 e. The zero-order chi connectivity index (χ0) is 53.4. The number of nitrogens with one attached hydrogen (secondary N) is 3. The van der Waals surface area contributed by atoms with Gasteiger partial charge in [-0.2, -0.15) is 9.97 Å². The number of hydrogen-bond donors (Lipinski definition) is 4. The first-order valence-electron chi connectivity index (χ1n) is 26.5. The maximum atomic E-state index is 10.0. The highest BCUT2D eigenvalue weighted by atomic mass is 32.2. The minimum absolute atomic E-state index is 0.0146. The van der Waals surface area contributed by atoms with E-state index in [1.54, 1.807) is 26.0 Å². The third kappa shape index (κ3) is 11.4. The smallest absolute Gasteiger partial charge is 0.227 e. The fraction of sp³-hybridized carbons (Fsp3) is 0.182. The van der Waals surface area contributed by atoms with E-state index in [0.717, 1.165) is 96.7 Å². The third-order valence-electron chi connectivity index (χ3n) is 14.5. The number of aryl methyl sites for hydroxylation is 2. The number of nitrogens with zero attached hydrogens (tertiary/aromatic N) is 5. The lowest BCUT2D eigenvalue weighted by molar-refractivity contribution is 0.279. The van der Waals surface area contributed by atoms with Gasteiger partial charge in [0, 0.05) is 58.1 Å². The maximum absolute atomic E-state index is 10.0. The summed E-state index contributed by atoms with van der Waals surface area (Å²) >= 11 is 1.65. The van der Waals surface area contributed by atoms with Crippen molar-refractivity contribution in [2.75, 3.05) is 48.7 Å². The summed E-state index contributed by atoms with van der Waals surface area (Å²) in [5, 5.41) is 22.7. The van der Waals surface area contributed by atoms with E-state index in [-0.39, 0.29) is 12.5 Å². The topological polar surface area (TPSA) is 130 Å². The summed E-state index contributed by atoms with van der Waals surface area (Å²) in [7, 11) is 5.36. The number of hydrogen-bond acceptors (Lipinski definition) is 12. The van der Waals surface area contributed by atoms with Crippen molar-refractivity contribution >= 4 is 74.0 Å². The van der Waals surface area contributed by atoms with Gasteiger partial charge in [-0.15, -0.1) is 0 Å². The fourth-order valence-electron chi connectivity index (χ4n) is 10.4. The van der Waals surface area contributed by atoms with Gasteiger partial charge in [0.1, 0.15) is 11.6 Å². The molecule has 1 aliphatic rings. The van der Waals surface area contributed by atoms with Crippen LogP contribution in [0, 0.1) is 0 Å². The number of aliphatic hydroxyl groups excluding tert-OH is 1. The quantitative estimate of drug-likeness (QED) is 0.0615. The first kappa shape index (κ1) is 51.4. The molecule has 10 aromatic rings. The molecule has 1 unspecified atom stereocenters. The van der Waals surface area contributed by atoms with Gasteiger partial charge in [0.2, 0.25) is 11.9 Å². The molecule has 1 aliphatic carbocycles. The van der Waals surface area contributed by atoms with Crippen LogP contribution in [0.25, 0.3) is 27.4 Å². The second-order valence-corrected chi connectivity index (χ2v) is 20.7. The predicted molar refractivity (Wildman–Crippen MR) is 319 cm³/mol. The summed E-state index contributed by atoms with van der Waals surface area (Å²) in [6.45, 7) is 3.48. The molecule has 11 nitrogen and oxygen atoms in total. The highest BCUT2D eigenvalue weighted by Gasteiger charge is 2.20. The van der Waals surface area contributed by atoms with Crippen molar-refractivity contribution in [3.05, 3.63) is 233 Å². The van der Waals surface area contributed by atoms with E-state index < -0.39 is 0 Å². The van der Waals surface area contributed by atoms with Gasteiger partial charge in [0.05, 0.1) is 31.9 Å². The van der Waals surface area contributed by atoms with Crippen molar-refractivity contribution in [2.24, 2.45) is 0 Å². The molecule has 0 saturated carbocycles. The van der Waals surface area contributed by atoms with Gasteiger partial charge in [0.15, 0.2) is 11.5 Å². The van der Waals surface area contributed by atoms with Gasteiger partial charge >= 0.3 is 0 Å². The Morgan fingerprint density at radius 3 is 2.05 bits per heavy atom. The first-order chi connectivity index (χ1) is 38.3. The molecule has 12 heteroatoms. The molecule has 390 valence electrons. The van der Waals surface area contributed by atoms with Crippen molar-refractivity contribution in [3.63, 3.8) is 0 Å². The van der Waals surface area contributed by atoms with Gasteiger partial charge in [0.25, 0.3) is 0 Å². The van der Waals surface area contributed by atoms with Crippen LogP contribution < -0.4 is 30.3 Å². The summed E-state index contributed by atoms with van der Waals surface area (Å²) in [5.41, 5.74) is 14.5. The lowest BCUT2D eigenvalue weighted by atomic mass is 9.92. The molecule has 78 heavy (non-hydrogen) atoms. The van der Waals surface area contributed by atoms with Crippen LogP contribution in [0.2, 0.25) is 0 Å². The van der Waals surface area contributed by atoms with Crippen molar-refractivity contribution in [1.82, 2.24) is 19.9 Å².